The normalized spacial score (nSPS) is 11.5. The van der Waals surface area contributed by atoms with Gasteiger partial charge in [0.2, 0.25) is 0 Å². The first-order chi connectivity index (χ1) is 13.6. The Hall–Kier alpha value is -3.68. The van der Waals surface area contributed by atoms with Crippen molar-refractivity contribution in [2.75, 3.05) is 13.7 Å². The summed E-state index contributed by atoms with van der Waals surface area (Å²) in [4.78, 5) is 28.4. The van der Waals surface area contributed by atoms with Gasteiger partial charge in [0, 0.05) is 24.2 Å². The molecule has 1 unspecified atom stereocenters. The topological polar surface area (TPSA) is 95.3 Å². The molecule has 0 bridgehead atoms. The highest BCUT2D eigenvalue weighted by atomic mass is 16.5. The molecule has 0 aliphatic heterocycles. The van der Waals surface area contributed by atoms with Crippen LogP contribution in [0.3, 0.4) is 0 Å². The lowest BCUT2D eigenvalue weighted by atomic mass is 10.1. The second-order valence-corrected chi connectivity index (χ2v) is 5.96. The van der Waals surface area contributed by atoms with Crippen molar-refractivity contribution in [3.05, 3.63) is 72.2 Å². The highest BCUT2D eigenvalue weighted by molar-refractivity contribution is 5.91. The molecular formula is C20H20N4O4. The molecule has 0 aliphatic rings. The van der Waals surface area contributed by atoms with Gasteiger partial charge in [0.25, 0.3) is 5.91 Å². The van der Waals surface area contributed by atoms with Crippen molar-refractivity contribution in [3.63, 3.8) is 0 Å². The maximum Gasteiger partial charge on any atom is 0.340 e. The molecule has 2 aromatic heterocycles. The summed E-state index contributed by atoms with van der Waals surface area (Å²) in [6, 6.07) is 12.1. The zero-order valence-electron chi connectivity index (χ0n) is 15.5. The number of rotatable bonds is 7. The highest BCUT2D eigenvalue weighted by Crippen LogP contribution is 2.24. The number of nitrogens with zero attached hydrogens (tertiary/aromatic N) is 3. The summed E-state index contributed by atoms with van der Waals surface area (Å²) in [5.74, 6) is 0.216. The SMILES string of the molecule is COc1ccccc1C(C)NC(=O)COC(=O)c1ccc(-n2cccn2)nc1. The van der Waals surface area contributed by atoms with E-state index < -0.39 is 11.9 Å². The lowest BCUT2D eigenvalue weighted by molar-refractivity contribution is -0.124. The van der Waals surface area contributed by atoms with Crippen molar-refractivity contribution in [2.24, 2.45) is 0 Å². The first-order valence-electron chi connectivity index (χ1n) is 8.64. The number of pyridine rings is 1. The third-order valence-corrected chi connectivity index (χ3v) is 4.04. The summed E-state index contributed by atoms with van der Waals surface area (Å²) >= 11 is 0. The minimum absolute atomic E-state index is 0.251. The average Bonchev–Trinajstić information content (AvgIpc) is 3.27. The van der Waals surface area contributed by atoms with E-state index in [0.29, 0.717) is 11.6 Å². The molecule has 0 aliphatic carbocycles. The molecule has 3 aromatic rings. The van der Waals surface area contributed by atoms with E-state index in [1.54, 1.807) is 42.4 Å². The van der Waals surface area contributed by atoms with Crippen LogP contribution in [-0.2, 0) is 9.53 Å². The monoisotopic (exact) mass is 380 g/mol. The van der Waals surface area contributed by atoms with E-state index in [1.807, 2.05) is 31.2 Å². The highest BCUT2D eigenvalue weighted by Gasteiger charge is 2.16. The molecule has 1 amide bonds. The summed E-state index contributed by atoms with van der Waals surface area (Å²) in [6.07, 6.45) is 4.76. The van der Waals surface area contributed by atoms with Crippen LogP contribution in [-0.4, -0.2) is 40.4 Å². The van der Waals surface area contributed by atoms with Gasteiger partial charge in [0.05, 0.1) is 18.7 Å². The molecule has 3 rings (SSSR count). The number of hydrogen-bond donors (Lipinski definition) is 1. The largest absolute Gasteiger partial charge is 0.496 e. The van der Waals surface area contributed by atoms with Crippen molar-refractivity contribution >= 4 is 11.9 Å². The lowest BCUT2D eigenvalue weighted by Gasteiger charge is -2.17. The summed E-state index contributed by atoms with van der Waals surface area (Å²) in [6.45, 7) is 1.44. The molecule has 0 fully saturated rings. The van der Waals surface area contributed by atoms with Gasteiger partial charge in [-0.05, 0) is 31.2 Å². The van der Waals surface area contributed by atoms with E-state index in [1.165, 1.54) is 6.20 Å². The van der Waals surface area contributed by atoms with Gasteiger partial charge in [0.15, 0.2) is 12.4 Å². The molecular weight excluding hydrogens is 360 g/mol. The molecule has 2 heterocycles. The van der Waals surface area contributed by atoms with Crippen molar-refractivity contribution in [3.8, 4) is 11.6 Å². The maximum absolute atomic E-state index is 12.1. The van der Waals surface area contributed by atoms with Gasteiger partial charge in [0.1, 0.15) is 5.75 Å². The summed E-state index contributed by atoms with van der Waals surface area (Å²) in [5.41, 5.74) is 1.09. The number of para-hydroxylation sites is 1. The van der Waals surface area contributed by atoms with Gasteiger partial charge in [-0.3, -0.25) is 4.79 Å². The first kappa shape index (κ1) is 19.1. The smallest absolute Gasteiger partial charge is 0.340 e. The number of carbonyl (C=O) groups is 2. The molecule has 0 radical (unpaired) electrons. The van der Waals surface area contributed by atoms with Crippen LogP contribution in [0.25, 0.3) is 5.82 Å². The Morgan fingerprint density at radius 2 is 2.00 bits per heavy atom. The van der Waals surface area contributed by atoms with E-state index >= 15 is 0 Å². The van der Waals surface area contributed by atoms with Crippen LogP contribution in [0.4, 0.5) is 0 Å². The van der Waals surface area contributed by atoms with Gasteiger partial charge in [-0.15, -0.1) is 0 Å². The first-order valence-corrected chi connectivity index (χ1v) is 8.64. The number of amides is 1. The Labute approximate surface area is 162 Å². The lowest BCUT2D eigenvalue weighted by Crippen LogP contribution is -2.31. The van der Waals surface area contributed by atoms with E-state index in [9.17, 15) is 9.59 Å². The summed E-state index contributed by atoms with van der Waals surface area (Å²) in [5, 5.41) is 6.84. The van der Waals surface area contributed by atoms with Gasteiger partial charge in [-0.1, -0.05) is 18.2 Å². The zero-order valence-corrected chi connectivity index (χ0v) is 15.5. The average molecular weight is 380 g/mol. The van der Waals surface area contributed by atoms with Crippen LogP contribution in [0.2, 0.25) is 0 Å². The van der Waals surface area contributed by atoms with E-state index in [-0.39, 0.29) is 18.2 Å². The van der Waals surface area contributed by atoms with E-state index in [4.69, 9.17) is 9.47 Å². The predicted octanol–water partition coefficient (Wildman–Crippen LogP) is 2.31. The van der Waals surface area contributed by atoms with Crippen LogP contribution in [0, 0.1) is 0 Å². The molecule has 8 heteroatoms. The van der Waals surface area contributed by atoms with Gasteiger partial charge in [-0.25, -0.2) is 14.5 Å². The number of hydrogen-bond acceptors (Lipinski definition) is 6. The molecule has 1 atom stereocenters. The number of methoxy groups -OCH3 is 1. The van der Waals surface area contributed by atoms with Crippen LogP contribution in [0.1, 0.15) is 28.9 Å². The number of ether oxygens (including phenoxy) is 2. The number of nitrogens with one attached hydrogen (secondary N) is 1. The standard InChI is InChI=1S/C20H20N4O4/c1-14(16-6-3-4-7-17(16)27-2)23-19(25)13-28-20(26)15-8-9-18(21-12-15)24-11-5-10-22-24/h3-12,14H,13H2,1-2H3,(H,23,25). The minimum atomic E-state index is -0.625. The fourth-order valence-corrected chi connectivity index (χ4v) is 2.65. The molecule has 1 aromatic carbocycles. The molecule has 0 spiro atoms. The Morgan fingerprint density at radius 3 is 2.68 bits per heavy atom. The fraction of sp³-hybridized carbons (Fsp3) is 0.200. The van der Waals surface area contributed by atoms with Gasteiger partial charge in [-0.2, -0.15) is 5.10 Å². The van der Waals surface area contributed by atoms with Crippen LogP contribution in [0.15, 0.2) is 61.1 Å². The number of esters is 1. The Morgan fingerprint density at radius 1 is 1.18 bits per heavy atom. The van der Waals surface area contributed by atoms with Crippen molar-refractivity contribution < 1.29 is 19.1 Å². The zero-order chi connectivity index (χ0) is 19.9. The van der Waals surface area contributed by atoms with Crippen molar-refractivity contribution in [1.82, 2.24) is 20.1 Å². The third kappa shape index (κ3) is 4.53. The van der Waals surface area contributed by atoms with E-state index in [0.717, 1.165) is 5.56 Å². The summed E-state index contributed by atoms with van der Waals surface area (Å²) < 4.78 is 11.9. The van der Waals surface area contributed by atoms with Crippen LogP contribution in [0.5, 0.6) is 5.75 Å². The van der Waals surface area contributed by atoms with Crippen molar-refractivity contribution in [2.45, 2.75) is 13.0 Å². The van der Waals surface area contributed by atoms with E-state index in [2.05, 4.69) is 15.4 Å². The number of carbonyl (C=O) groups excluding carboxylic acids is 2. The second-order valence-electron chi connectivity index (χ2n) is 5.96. The third-order valence-electron chi connectivity index (χ3n) is 4.04. The van der Waals surface area contributed by atoms with Crippen LogP contribution < -0.4 is 10.1 Å². The quantitative estimate of drug-likeness (QED) is 0.632. The maximum atomic E-state index is 12.1. The van der Waals surface area contributed by atoms with Gasteiger partial charge < -0.3 is 14.8 Å². The van der Waals surface area contributed by atoms with Gasteiger partial charge >= 0.3 is 5.97 Å². The molecule has 8 nitrogen and oxygen atoms in total. The molecule has 1 N–H and O–H groups in total. The van der Waals surface area contributed by atoms with Crippen molar-refractivity contribution in [1.29, 1.82) is 0 Å². The predicted molar refractivity (Wildman–Crippen MR) is 101 cm³/mol. The molecule has 0 saturated heterocycles. The van der Waals surface area contributed by atoms with Crippen LogP contribution >= 0.6 is 0 Å². The Balaban J connectivity index is 1.53. The fourth-order valence-electron chi connectivity index (χ4n) is 2.65. The minimum Gasteiger partial charge on any atom is -0.496 e. The Kier molecular flexibility index (Phi) is 6.01. The Bertz CT molecular complexity index is 939. The molecule has 0 saturated carbocycles. The summed E-state index contributed by atoms with van der Waals surface area (Å²) in [7, 11) is 1.57. The molecule has 144 valence electrons. The molecule has 28 heavy (non-hydrogen) atoms. The number of aromatic nitrogens is 3. The number of benzene rings is 1. The second kappa shape index (κ2) is 8.81.